The predicted molar refractivity (Wildman–Crippen MR) is 98.7 cm³/mol. The van der Waals surface area contributed by atoms with E-state index in [4.69, 9.17) is 11.6 Å². The van der Waals surface area contributed by atoms with Crippen molar-refractivity contribution in [3.8, 4) is 0 Å². The maximum atomic E-state index is 9.21. The number of benzene rings is 2. The molecule has 1 aromatic heterocycles. The molecule has 0 amide bonds. The van der Waals surface area contributed by atoms with Gasteiger partial charge >= 0.3 is 7.12 Å². The minimum Gasteiger partial charge on any atom is -0.423 e. The maximum absolute atomic E-state index is 9.21. The lowest BCUT2D eigenvalue weighted by molar-refractivity contribution is 0.426. The van der Waals surface area contributed by atoms with Gasteiger partial charge in [-0.1, -0.05) is 35.9 Å². The molecule has 1 aliphatic carbocycles. The Kier molecular flexibility index (Phi) is 4.13. The van der Waals surface area contributed by atoms with Crippen LogP contribution in [-0.2, 0) is 13.0 Å². The van der Waals surface area contributed by atoms with Gasteiger partial charge in [-0.3, -0.25) is 0 Å². The summed E-state index contributed by atoms with van der Waals surface area (Å²) in [5, 5.41) is 20.4. The van der Waals surface area contributed by atoms with Gasteiger partial charge in [-0.25, -0.2) is 0 Å². The van der Waals surface area contributed by atoms with E-state index in [2.05, 4.69) is 16.7 Å². The molecule has 24 heavy (non-hydrogen) atoms. The Labute approximate surface area is 146 Å². The third kappa shape index (κ3) is 3.23. The quantitative estimate of drug-likeness (QED) is 0.702. The third-order valence-electron chi connectivity index (χ3n) is 4.75. The van der Waals surface area contributed by atoms with Crippen LogP contribution < -0.4 is 5.46 Å². The Morgan fingerprint density at radius 1 is 1.04 bits per heavy atom. The van der Waals surface area contributed by atoms with Crippen LogP contribution in [-0.4, -0.2) is 21.7 Å². The molecule has 0 saturated heterocycles. The highest BCUT2D eigenvalue weighted by Gasteiger charge is 2.23. The van der Waals surface area contributed by atoms with Gasteiger partial charge in [0.25, 0.3) is 0 Å². The molecule has 0 bridgehead atoms. The molecule has 0 unspecified atom stereocenters. The monoisotopic (exact) mass is 339 g/mol. The van der Waals surface area contributed by atoms with Gasteiger partial charge in [-0.05, 0) is 54.1 Å². The van der Waals surface area contributed by atoms with E-state index in [1.807, 2.05) is 24.3 Å². The average molecular weight is 340 g/mol. The molecule has 0 spiro atoms. The van der Waals surface area contributed by atoms with E-state index >= 15 is 0 Å². The highest BCUT2D eigenvalue weighted by atomic mass is 35.5. The lowest BCUT2D eigenvalue weighted by Crippen LogP contribution is -2.29. The molecule has 1 heterocycles. The van der Waals surface area contributed by atoms with Crippen molar-refractivity contribution in [2.45, 2.75) is 25.8 Å². The molecular formula is C19H19BClNO2. The van der Waals surface area contributed by atoms with Crippen LogP contribution in [0.2, 0.25) is 5.02 Å². The van der Waals surface area contributed by atoms with Crippen LogP contribution in [0.3, 0.4) is 0 Å². The summed E-state index contributed by atoms with van der Waals surface area (Å²) in [6.45, 7) is 1.06. The Hall–Kier alpha value is -1.75. The minimum absolute atomic E-state index is 0.518. The topological polar surface area (TPSA) is 45.4 Å². The third-order valence-corrected chi connectivity index (χ3v) is 4.99. The summed E-state index contributed by atoms with van der Waals surface area (Å²) in [4.78, 5) is 0. The normalized spacial score (nSPS) is 14.3. The fourth-order valence-electron chi connectivity index (χ4n) is 3.24. The van der Waals surface area contributed by atoms with E-state index in [1.165, 1.54) is 29.4 Å². The number of hydrogen-bond acceptors (Lipinski definition) is 2. The predicted octanol–water partition coefficient (Wildman–Crippen LogP) is 2.98. The highest BCUT2D eigenvalue weighted by molar-refractivity contribution is 6.58. The first kappa shape index (κ1) is 15.8. The van der Waals surface area contributed by atoms with E-state index in [0.29, 0.717) is 5.46 Å². The van der Waals surface area contributed by atoms with E-state index in [1.54, 1.807) is 12.1 Å². The van der Waals surface area contributed by atoms with Crippen LogP contribution in [0.1, 0.15) is 24.1 Å². The number of halogens is 1. The van der Waals surface area contributed by atoms with Gasteiger partial charge in [0.15, 0.2) is 0 Å². The molecule has 4 rings (SSSR count). The van der Waals surface area contributed by atoms with Gasteiger partial charge in [0.05, 0.1) is 0 Å². The summed E-state index contributed by atoms with van der Waals surface area (Å²) in [6.07, 6.45) is 3.45. The van der Waals surface area contributed by atoms with Gasteiger partial charge < -0.3 is 14.6 Å². The van der Waals surface area contributed by atoms with Gasteiger partial charge in [0, 0.05) is 34.6 Å². The molecule has 1 saturated carbocycles. The molecule has 0 atom stereocenters. The van der Waals surface area contributed by atoms with E-state index in [9.17, 15) is 10.0 Å². The molecule has 3 aromatic rings. The molecule has 3 nitrogen and oxygen atoms in total. The van der Waals surface area contributed by atoms with Crippen molar-refractivity contribution in [2.24, 2.45) is 5.92 Å². The standard InChI is InChI=1S/C19H19BClNO2/c21-17-7-8-19-15(10-17)11-18(22(19)12-14-1-2-14)9-13-3-5-16(6-4-13)20(23)24/h3-8,10-11,14,23-24H,1-2,9,12H2. The highest BCUT2D eigenvalue weighted by Crippen LogP contribution is 2.34. The fraction of sp³-hybridized carbons (Fsp3) is 0.263. The summed E-state index contributed by atoms with van der Waals surface area (Å²) in [7, 11) is -1.41. The smallest absolute Gasteiger partial charge is 0.423 e. The lowest BCUT2D eigenvalue weighted by Gasteiger charge is -2.11. The zero-order valence-corrected chi connectivity index (χ0v) is 14.1. The van der Waals surface area contributed by atoms with Gasteiger partial charge in [0.2, 0.25) is 0 Å². The second-order valence-corrected chi connectivity index (χ2v) is 7.12. The van der Waals surface area contributed by atoms with Crippen molar-refractivity contribution in [3.05, 3.63) is 64.8 Å². The van der Waals surface area contributed by atoms with Crippen LogP contribution in [0.15, 0.2) is 48.5 Å². The second-order valence-electron chi connectivity index (χ2n) is 6.68. The molecule has 1 fully saturated rings. The summed E-state index contributed by atoms with van der Waals surface area (Å²) in [6, 6.07) is 15.8. The van der Waals surface area contributed by atoms with Gasteiger partial charge in [-0.15, -0.1) is 0 Å². The maximum Gasteiger partial charge on any atom is 0.488 e. The molecule has 122 valence electrons. The summed E-state index contributed by atoms with van der Waals surface area (Å²) in [5.41, 5.74) is 4.19. The average Bonchev–Trinajstić information content (AvgIpc) is 3.31. The van der Waals surface area contributed by atoms with Crippen molar-refractivity contribution < 1.29 is 10.0 Å². The molecule has 2 N–H and O–H groups in total. The van der Waals surface area contributed by atoms with Crippen LogP contribution in [0.4, 0.5) is 0 Å². The van der Waals surface area contributed by atoms with Crippen LogP contribution in [0, 0.1) is 5.92 Å². The van der Waals surface area contributed by atoms with Gasteiger partial charge in [0.1, 0.15) is 0 Å². The van der Waals surface area contributed by atoms with Crippen molar-refractivity contribution in [1.29, 1.82) is 0 Å². The first-order valence-corrected chi connectivity index (χ1v) is 8.70. The van der Waals surface area contributed by atoms with Crippen molar-refractivity contribution in [2.75, 3.05) is 0 Å². The van der Waals surface area contributed by atoms with E-state index < -0.39 is 7.12 Å². The first-order valence-electron chi connectivity index (χ1n) is 8.33. The second kappa shape index (κ2) is 6.28. The Morgan fingerprint density at radius 3 is 2.46 bits per heavy atom. The van der Waals surface area contributed by atoms with Crippen LogP contribution in [0.5, 0.6) is 0 Å². The zero-order chi connectivity index (χ0) is 16.7. The number of fused-ring (bicyclic) bond motifs is 1. The summed E-state index contributed by atoms with van der Waals surface area (Å²) >= 11 is 6.15. The number of hydrogen-bond donors (Lipinski definition) is 2. The molecule has 0 aliphatic heterocycles. The molecule has 0 radical (unpaired) electrons. The fourth-order valence-corrected chi connectivity index (χ4v) is 3.42. The summed E-state index contributed by atoms with van der Waals surface area (Å²) in [5.74, 6) is 0.793. The molecule has 1 aliphatic rings. The Balaban J connectivity index is 1.69. The minimum atomic E-state index is -1.41. The largest absolute Gasteiger partial charge is 0.488 e. The van der Waals surface area contributed by atoms with Crippen molar-refractivity contribution in [1.82, 2.24) is 4.57 Å². The number of aromatic nitrogens is 1. The molecule has 5 heteroatoms. The van der Waals surface area contributed by atoms with E-state index in [-0.39, 0.29) is 0 Å². The first-order chi connectivity index (χ1) is 11.6. The number of rotatable bonds is 5. The van der Waals surface area contributed by atoms with Crippen molar-refractivity contribution >= 4 is 35.1 Å². The molecular weight excluding hydrogens is 320 g/mol. The Morgan fingerprint density at radius 2 is 1.79 bits per heavy atom. The van der Waals surface area contributed by atoms with Crippen molar-refractivity contribution in [3.63, 3.8) is 0 Å². The zero-order valence-electron chi connectivity index (χ0n) is 13.3. The summed E-state index contributed by atoms with van der Waals surface area (Å²) < 4.78 is 2.41. The number of nitrogens with zero attached hydrogens (tertiary/aromatic N) is 1. The lowest BCUT2D eigenvalue weighted by atomic mass is 9.80. The SMILES string of the molecule is OB(O)c1ccc(Cc2cc3cc(Cl)ccc3n2CC2CC2)cc1. The van der Waals surface area contributed by atoms with Crippen LogP contribution in [0.25, 0.3) is 10.9 Å². The molecule has 2 aromatic carbocycles. The van der Waals surface area contributed by atoms with E-state index in [0.717, 1.165) is 29.5 Å². The van der Waals surface area contributed by atoms with Crippen LogP contribution >= 0.6 is 11.6 Å². The Bertz CT molecular complexity index is 869. The van der Waals surface area contributed by atoms with Gasteiger partial charge in [-0.2, -0.15) is 0 Å².